The summed E-state index contributed by atoms with van der Waals surface area (Å²) < 4.78 is 6.07. The molecule has 1 aliphatic rings. The number of allylic oxidation sites excluding steroid dienone is 1. The molecule has 5 aromatic rings. The lowest BCUT2D eigenvalue weighted by Crippen LogP contribution is -2.53. The van der Waals surface area contributed by atoms with E-state index in [1.807, 2.05) is 85.8 Å². The molecule has 1 saturated heterocycles. The van der Waals surface area contributed by atoms with Gasteiger partial charge in [0, 0.05) is 33.0 Å². The summed E-state index contributed by atoms with van der Waals surface area (Å²) >= 11 is 1.56. The normalized spacial score (nSPS) is 16.4. The molecule has 64 heavy (non-hydrogen) atoms. The van der Waals surface area contributed by atoms with Crippen LogP contribution in [0.3, 0.4) is 0 Å². The fourth-order valence-corrected chi connectivity index (χ4v) is 9.28. The van der Waals surface area contributed by atoms with Crippen LogP contribution in [0, 0.1) is 24.2 Å². The third-order valence-corrected chi connectivity index (χ3v) is 12.8. The van der Waals surface area contributed by atoms with Gasteiger partial charge in [0.25, 0.3) is 0 Å². The van der Waals surface area contributed by atoms with Crippen LogP contribution < -0.4 is 15.8 Å². The van der Waals surface area contributed by atoms with E-state index in [9.17, 15) is 29.4 Å². The Hall–Kier alpha value is -6.31. The number of benzene rings is 4. The number of aromatic nitrogens is 1. The minimum Gasteiger partial charge on any atom is -0.508 e. The van der Waals surface area contributed by atoms with E-state index in [0.29, 0.717) is 5.75 Å². The SMILES string of the molecule is CCC(=C(c1ccc(O)cc1)c1ccc(OCCN(C)C(=O)CC(C(N)=O)[C@H](C(=O)N2C[C@H](O)C[C@H]2C(=O)NCc2ccc(-c3scnc3C)cc2)C(C)(C)C)cc1)c1ccccc1. The summed E-state index contributed by atoms with van der Waals surface area (Å²) in [5, 5.41) is 23.6. The average molecular weight is 886 g/mol. The van der Waals surface area contributed by atoms with Crippen molar-refractivity contribution in [1.82, 2.24) is 20.1 Å². The third-order valence-electron chi connectivity index (χ3n) is 11.9. The van der Waals surface area contributed by atoms with Crippen LogP contribution in [0.15, 0.2) is 109 Å². The number of hydrogen-bond acceptors (Lipinski definition) is 9. The van der Waals surface area contributed by atoms with Gasteiger partial charge in [-0.2, -0.15) is 0 Å². The zero-order valence-corrected chi connectivity index (χ0v) is 38.2. The molecule has 4 atom stereocenters. The van der Waals surface area contributed by atoms with E-state index in [0.717, 1.165) is 56.0 Å². The molecule has 0 saturated carbocycles. The molecule has 0 spiro atoms. The number of primary amides is 1. The molecule has 4 aromatic carbocycles. The highest BCUT2D eigenvalue weighted by Gasteiger charge is 2.48. The molecule has 1 fully saturated rings. The van der Waals surface area contributed by atoms with Crippen LogP contribution in [0.1, 0.15) is 74.9 Å². The largest absolute Gasteiger partial charge is 0.508 e. The molecule has 1 aromatic heterocycles. The van der Waals surface area contributed by atoms with Gasteiger partial charge in [0.15, 0.2) is 0 Å². The second kappa shape index (κ2) is 20.9. The number of amides is 4. The number of phenolic OH excluding ortho intramolecular Hbond substituents is 1. The van der Waals surface area contributed by atoms with Crippen molar-refractivity contribution in [3.8, 4) is 21.9 Å². The highest BCUT2D eigenvalue weighted by atomic mass is 32.1. The summed E-state index contributed by atoms with van der Waals surface area (Å²) in [5.74, 6) is -3.58. The van der Waals surface area contributed by atoms with Gasteiger partial charge in [0.2, 0.25) is 23.6 Å². The molecule has 1 unspecified atom stereocenters. The van der Waals surface area contributed by atoms with Crippen molar-refractivity contribution in [2.75, 3.05) is 26.7 Å². The lowest BCUT2D eigenvalue weighted by Gasteiger charge is -2.38. The maximum Gasteiger partial charge on any atom is 0.243 e. The Balaban J connectivity index is 1.08. The van der Waals surface area contributed by atoms with Crippen molar-refractivity contribution in [2.24, 2.45) is 23.0 Å². The van der Waals surface area contributed by atoms with Crippen LogP contribution in [-0.4, -0.2) is 87.5 Å². The number of aromatic hydroxyl groups is 1. The van der Waals surface area contributed by atoms with Crippen LogP contribution >= 0.6 is 11.3 Å². The van der Waals surface area contributed by atoms with Crippen LogP contribution in [0.4, 0.5) is 0 Å². The maximum absolute atomic E-state index is 14.5. The summed E-state index contributed by atoms with van der Waals surface area (Å²) in [7, 11) is 1.61. The molecule has 5 N–H and O–H groups in total. The number of nitrogens with zero attached hydrogens (tertiary/aromatic N) is 3. The molecule has 0 aliphatic carbocycles. The third kappa shape index (κ3) is 11.4. The molecule has 2 heterocycles. The van der Waals surface area contributed by atoms with E-state index in [1.54, 1.807) is 56.8 Å². The Labute approximate surface area is 379 Å². The first-order valence-corrected chi connectivity index (χ1v) is 22.5. The molecule has 6 rings (SSSR count). The minimum absolute atomic E-state index is 0.0351. The van der Waals surface area contributed by atoms with E-state index in [1.165, 1.54) is 9.80 Å². The molecule has 1 aliphatic heterocycles. The molecular weight excluding hydrogens is 827 g/mol. The predicted molar refractivity (Wildman–Crippen MR) is 251 cm³/mol. The summed E-state index contributed by atoms with van der Waals surface area (Å²) in [5.41, 5.74) is 15.0. The number of β-amino-alcohol motifs (C(OH)–C–C–N with tert-alkyl or cyclic N) is 1. The number of aryl methyl sites for hydroxylation is 1. The first-order valence-electron chi connectivity index (χ1n) is 21.7. The van der Waals surface area contributed by atoms with Gasteiger partial charge in [-0.05, 0) is 82.0 Å². The van der Waals surface area contributed by atoms with Crippen LogP contribution in [0.2, 0.25) is 0 Å². The van der Waals surface area contributed by atoms with E-state index in [-0.39, 0.29) is 44.8 Å². The quantitative estimate of drug-likeness (QED) is 0.0696. The number of hydrogen-bond donors (Lipinski definition) is 4. The first-order chi connectivity index (χ1) is 30.5. The van der Waals surface area contributed by atoms with Gasteiger partial charge in [0.1, 0.15) is 24.1 Å². The molecular formula is C51H59N5O7S. The number of likely N-dealkylation sites (tertiary alicyclic amines) is 1. The zero-order chi connectivity index (χ0) is 46.1. The maximum atomic E-state index is 14.5. The number of aliphatic hydroxyl groups excluding tert-OH is 1. The fourth-order valence-electron chi connectivity index (χ4n) is 8.47. The lowest BCUT2D eigenvalue weighted by atomic mass is 9.70. The summed E-state index contributed by atoms with van der Waals surface area (Å²) in [6, 6.07) is 31.9. The zero-order valence-electron chi connectivity index (χ0n) is 37.4. The van der Waals surface area contributed by atoms with Crippen LogP contribution in [0.25, 0.3) is 21.6 Å². The molecule has 0 radical (unpaired) electrons. The second-order valence-corrected chi connectivity index (χ2v) is 18.3. The Morgan fingerprint density at radius 1 is 0.938 bits per heavy atom. The Morgan fingerprint density at radius 3 is 2.16 bits per heavy atom. The number of rotatable bonds is 17. The molecule has 4 amide bonds. The number of carbonyl (C=O) groups excluding carboxylic acids is 4. The molecule has 0 bridgehead atoms. The number of phenols is 1. The minimum atomic E-state index is -1.18. The van der Waals surface area contributed by atoms with Crippen molar-refractivity contribution in [3.63, 3.8) is 0 Å². The number of thiazole rings is 1. The van der Waals surface area contributed by atoms with E-state index in [2.05, 4.69) is 29.4 Å². The monoisotopic (exact) mass is 885 g/mol. The lowest BCUT2D eigenvalue weighted by molar-refractivity contribution is -0.151. The summed E-state index contributed by atoms with van der Waals surface area (Å²) in [6.07, 6.45) is -0.455. The van der Waals surface area contributed by atoms with Gasteiger partial charge in [-0.15, -0.1) is 11.3 Å². The number of ether oxygens (including phenoxy) is 1. The van der Waals surface area contributed by atoms with Gasteiger partial charge >= 0.3 is 0 Å². The average Bonchev–Trinajstić information content (AvgIpc) is 3.90. The van der Waals surface area contributed by atoms with E-state index in [4.69, 9.17) is 10.5 Å². The fraction of sp³-hybridized carbons (Fsp3) is 0.353. The molecule has 12 nitrogen and oxygen atoms in total. The summed E-state index contributed by atoms with van der Waals surface area (Å²) in [4.78, 5) is 63.2. The molecule has 13 heteroatoms. The highest BCUT2D eigenvalue weighted by molar-refractivity contribution is 7.13. The van der Waals surface area contributed by atoms with Crippen molar-refractivity contribution >= 4 is 46.1 Å². The van der Waals surface area contributed by atoms with Gasteiger partial charge in [-0.3, -0.25) is 19.2 Å². The van der Waals surface area contributed by atoms with Crippen molar-refractivity contribution in [2.45, 2.75) is 72.6 Å². The number of aliphatic hydroxyl groups is 1. The van der Waals surface area contributed by atoms with Crippen molar-refractivity contribution in [1.29, 1.82) is 0 Å². The topological polar surface area (TPSA) is 175 Å². The first kappa shape index (κ1) is 47.2. The van der Waals surface area contributed by atoms with Crippen molar-refractivity contribution < 1.29 is 34.1 Å². The number of likely N-dealkylation sites (N-methyl/N-ethyl adjacent to an activating group) is 1. The Kier molecular flexibility index (Phi) is 15.4. The Bertz CT molecular complexity index is 2430. The van der Waals surface area contributed by atoms with Gasteiger partial charge in [-0.25, -0.2) is 4.98 Å². The van der Waals surface area contributed by atoms with Gasteiger partial charge in [-0.1, -0.05) is 107 Å². The summed E-state index contributed by atoms with van der Waals surface area (Å²) in [6.45, 7) is 9.95. The number of nitrogens with two attached hydrogens (primary N) is 1. The van der Waals surface area contributed by atoms with E-state index < -0.39 is 53.0 Å². The van der Waals surface area contributed by atoms with Gasteiger partial charge in [0.05, 0.1) is 40.6 Å². The van der Waals surface area contributed by atoms with Crippen LogP contribution in [-0.2, 0) is 25.7 Å². The Morgan fingerprint density at radius 2 is 1.58 bits per heavy atom. The van der Waals surface area contributed by atoms with Crippen LogP contribution in [0.5, 0.6) is 11.5 Å². The molecule has 336 valence electrons. The smallest absolute Gasteiger partial charge is 0.243 e. The second-order valence-electron chi connectivity index (χ2n) is 17.4. The van der Waals surface area contributed by atoms with E-state index >= 15 is 0 Å². The standard InChI is InChI=1S/C51H59N5O7S/c1-7-41(34-11-9-8-10-12-34)45(35-17-21-38(57)22-18-35)36-19-23-40(24-20-36)63-26-25-55(6)44(59)28-42(48(52)60)46(51(3,4)5)50(62)56-30-39(58)27-43(56)49(61)53-29-33-13-15-37(16-14-33)47-32(2)54-31-64-47/h8-24,31,39,42-43,46,57-58H,7,25-30H2,1-6H3,(H2,52,60)(H,53,61)/t39-,42?,43+,46-/m1/s1. The van der Waals surface area contributed by atoms with Crippen molar-refractivity contribution in [3.05, 3.63) is 137 Å². The van der Waals surface area contributed by atoms with Gasteiger partial charge < -0.3 is 35.8 Å². The number of nitrogens with one attached hydrogen (secondary N) is 1. The predicted octanol–water partition coefficient (Wildman–Crippen LogP) is 7.46. The number of carbonyl (C=O) groups is 4. The highest BCUT2D eigenvalue weighted by Crippen LogP contribution is 2.39.